The van der Waals surface area contributed by atoms with Gasteiger partial charge < -0.3 is 0 Å². The van der Waals surface area contributed by atoms with E-state index in [1.54, 1.807) is 0 Å². The van der Waals surface area contributed by atoms with Gasteiger partial charge in [-0.1, -0.05) is 6.42 Å². The molecule has 0 saturated heterocycles. The summed E-state index contributed by atoms with van der Waals surface area (Å²) in [5.41, 5.74) is 0. The minimum Gasteiger partial charge on any atom is -0.247 e. The molecule has 1 fully saturated rings. The van der Waals surface area contributed by atoms with Gasteiger partial charge in [0.2, 0.25) is 0 Å². The summed E-state index contributed by atoms with van der Waals surface area (Å²) in [5, 5.41) is 8.23. The van der Waals surface area contributed by atoms with E-state index in [1.165, 1.54) is 0 Å². The van der Waals surface area contributed by atoms with Crippen LogP contribution in [0.15, 0.2) is 0 Å². The number of nitriles is 1. The zero-order valence-corrected chi connectivity index (χ0v) is 5.31. The molecule has 0 heterocycles. The first kappa shape index (κ1) is 6.54. The summed E-state index contributed by atoms with van der Waals surface area (Å²) in [5.74, 6) is 0.0509. The van der Waals surface area contributed by atoms with Gasteiger partial charge in [-0.05, 0) is 12.8 Å². The zero-order valence-electron chi connectivity index (χ0n) is 5.31. The average Bonchev–Trinajstić information content (AvgIpc) is 2.18. The second kappa shape index (κ2) is 2.82. The molecule has 2 heteroatoms. The molecule has 9 heavy (non-hydrogen) atoms. The number of rotatable bonds is 1. The lowest BCUT2D eigenvalue weighted by Crippen LogP contribution is -2.06. The van der Waals surface area contributed by atoms with Crippen LogP contribution in [0.25, 0.3) is 0 Å². The molecule has 0 aromatic heterocycles. The molecule has 1 rings (SSSR count). The molecule has 2 atom stereocenters. The minimum absolute atomic E-state index is 0.0509. The molecule has 1 nitrogen and oxygen atoms in total. The summed E-state index contributed by atoms with van der Waals surface area (Å²) < 4.78 is 12.6. The van der Waals surface area contributed by atoms with E-state index in [1.807, 2.05) is 6.07 Å². The van der Waals surface area contributed by atoms with Gasteiger partial charge >= 0.3 is 0 Å². The first-order chi connectivity index (χ1) is 4.34. The molecular formula is C7H10FN. The minimum atomic E-state index is -0.690. The lowest BCUT2D eigenvalue weighted by molar-refractivity contribution is 0.266. The van der Waals surface area contributed by atoms with Gasteiger partial charge in [0.1, 0.15) is 6.17 Å². The van der Waals surface area contributed by atoms with Crippen LogP contribution in [0.4, 0.5) is 4.39 Å². The molecule has 0 radical (unpaired) electrons. The van der Waals surface area contributed by atoms with Crippen molar-refractivity contribution in [1.82, 2.24) is 0 Å². The van der Waals surface area contributed by atoms with Crippen LogP contribution in [-0.2, 0) is 0 Å². The normalized spacial score (nSPS) is 34.2. The van der Waals surface area contributed by atoms with E-state index in [2.05, 4.69) is 0 Å². The smallest absolute Gasteiger partial charge is 0.104 e. The Morgan fingerprint density at radius 1 is 1.56 bits per heavy atom. The molecule has 0 unspecified atom stereocenters. The summed E-state index contributed by atoms with van der Waals surface area (Å²) in [7, 11) is 0. The van der Waals surface area contributed by atoms with Crippen molar-refractivity contribution in [3.63, 3.8) is 0 Å². The molecule has 0 bridgehead atoms. The van der Waals surface area contributed by atoms with Crippen LogP contribution < -0.4 is 0 Å². The molecule has 0 spiro atoms. The summed E-state index contributed by atoms with van der Waals surface area (Å²) in [6.45, 7) is 0. The van der Waals surface area contributed by atoms with Crippen LogP contribution in [0.5, 0.6) is 0 Å². The first-order valence-corrected chi connectivity index (χ1v) is 3.35. The predicted molar refractivity (Wildman–Crippen MR) is 32.5 cm³/mol. The number of alkyl halides is 1. The highest BCUT2D eigenvalue weighted by Gasteiger charge is 2.25. The molecule has 0 aliphatic heterocycles. The van der Waals surface area contributed by atoms with Crippen LogP contribution in [0.1, 0.15) is 25.7 Å². The van der Waals surface area contributed by atoms with Crippen molar-refractivity contribution in [3.8, 4) is 6.07 Å². The molecule has 0 aromatic carbocycles. The van der Waals surface area contributed by atoms with Crippen LogP contribution in [0, 0.1) is 17.2 Å². The Kier molecular flexibility index (Phi) is 2.05. The van der Waals surface area contributed by atoms with Crippen molar-refractivity contribution in [3.05, 3.63) is 0 Å². The van der Waals surface area contributed by atoms with Crippen molar-refractivity contribution < 1.29 is 4.39 Å². The maximum atomic E-state index is 12.6. The summed E-state index contributed by atoms with van der Waals surface area (Å²) in [6.07, 6.45) is 2.26. The highest BCUT2D eigenvalue weighted by molar-refractivity contribution is 4.84. The quantitative estimate of drug-likeness (QED) is 0.528. The lowest BCUT2D eigenvalue weighted by Gasteiger charge is -2.05. The first-order valence-electron chi connectivity index (χ1n) is 3.35. The van der Waals surface area contributed by atoms with Gasteiger partial charge in [-0.25, -0.2) is 4.39 Å². The zero-order chi connectivity index (χ0) is 6.69. The molecule has 0 amide bonds. The predicted octanol–water partition coefficient (Wildman–Crippen LogP) is 2.04. The molecule has 1 aliphatic carbocycles. The van der Waals surface area contributed by atoms with Gasteiger partial charge in [0.05, 0.1) is 6.07 Å². The Balaban J connectivity index is 2.33. The Morgan fingerprint density at radius 3 is 2.78 bits per heavy atom. The maximum absolute atomic E-state index is 12.6. The fourth-order valence-electron chi connectivity index (χ4n) is 1.34. The molecule has 1 aliphatic rings. The van der Waals surface area contributed by atoms with Crippen LogP contribution in [0.3, 0.4) is 0 Å². The average molecular weight is 127 g/mol. The van der Waals surface area contributed by atoms with Gasteiger partial charge in [-0.15, -0.1) is 0 Å². The Hall–Kier alpha value is -0.580. The van der Waals surface area contributed by atoms with Gasteiger partial charge in [0.25, 0.3) is 0 Å². The van der Waals surface area contributed by atoms with E-state index in [-0.39, 0.29) is 5.92 Å². The van der Waals surface area contributed by atoms with Gasteiger partial charge in [-0.2, -0.15) is 5.26 Å². The summed E-state index contributed by atoms with van der Waals surface area (Å²) in [4.78, 5) is 0. The second-order valence-electron chi connectivity index (χ2n) is 2.57. The van der Waals surface area contributed by atoms with E-state index >= 15 is 0 Å². The third kappa shape index (κ3) is 1.41. The molecular weight excluding hydrogens is 117 g/mol. The fourth-order valence-corrected chi connectivity index (χ4v) is 1.34. The highest BCUT2D eigenvalue weighted by Crippen LogP contribution is 2.30. The largest absolute Gasteiger partial charge is 0.247 e. The van der Waals surface area contributed by atoms with Crippen LogP contribution >= 0.6 is 0 Å². The Bertz CT molecular complexity index is 127. The Morgan fingerprint density at radius 2 is 2.33 bits per heavy atom. The summed E-state index contributed by atoms with van der Waals surface area (Å²) >= 11 is 0. The molecule has 0 N–H and O–H groups in total. The third-order valence-electron chi connectivity index (χ3n) is 1.92. The fraction of sp³-hybridized carbons (Fsp3) is 0.857. The van der Waals surface area contributed by atoms with Crippen LogP contribution in [-0.4, -0.2) is 6.17 Å². The topological polar surface area (TPSA) is 23.8 Å². The van der Waals surface area contributed by atoms with E-state index in [0.717, 1.165) is 12.8 Å². The van der Waals surface area contributed by atoms with E-state index in [0.29, 0.717) is 12.8 Å². The number of hydrogen-bond acceptors (Lipinski definition) is 1. The molecule has 50 valence electrons. The van der Waals surface area contributed by atoms with Crippen molar-refractivity contribution in [2.24, 2.45) is 5.92 Å². The van der Waals surface area contributed by atoms with Crippen LogP contribution in [0.2, 0.25) is 0 Å². The number of nitrogens with zero attached hydrogens (tertiary/aromatic N) is 1. The maximum Gasteiger partial charge on any atom is 0.104 e. The van der Waals surface area contributed by atoms with E-state index in [4.69, 9.17) is 5.26 Å². The van der Waals surface area contributed by atoms with Crippen molar-refractivity contribution in [1.29, 1.82) is 5.26 Å². The standard InChI is InChI=1S/C7H10FN/c8-7-3-1-2-6(7)4-5-9/h6-7H,1-4H2/t6-,7-/m1/s1. The number of hydrogen-bond donors (Lipinski definition) is 0. The van der Waals surface area contributed by atoms with E-state index < -0.39 is 6.17 Å². The monoisotopic (exact) mass is 127 g/mol. The summed E-state index contributed by atoms with van der Waals surface area (Å²) in [6, 6.07) is 2.00. The SMILES string of the molecule is N#CC[C@H]1CCC[C@H]1F. The van der Waals surface area contributed by atoms with Gasteiger partial charge in [0.15, 0.2) is 0 Å². The second-order valence-corrected chi connectivity index (χ2v) is 2.57. The highest BCUT2D eigenvalue weighted by atomic mass is 19.1. The van der Waals surface area contributed by atoms with Crippen molar-refractivity contribution >= 4 is 0 Å². The third-order valence-corrected chi connectivity index (χ3v) is 1.92. The molecule has 1 saturated carbocycles. The number of halogens is 1. The van der Waals surface area contributed by atoms with Crippen molar-refractivity contribution in [2.45, 2.75) is 31.9 Å². The Labute approximate surface area is 54.5 Å². The lowest BCUT2D eigenvalue weighted by atomic mass is 10.0. The van der Waals surface area contributed by atoms with Gasteiger partial charge in [-0.3, -0.25) is 0 Å². The van der Waals surface area contributed by atoms with Gasteiger partial charge in [0, 0.05) is 12.3 Å². The molecule has 0 aromatic rings. The van der Waals surface area contributed by atoms with E-state index in [9.17, 15) is 4.39 Å². The van der Waals surface area contributed by atoms with Crippen molar-refractivity contribution in [2.75, 3.05) is 0 Å².